The molecule has 29 heavy (non-hydrogen) atoms. The maximum Gasteiger partial charge on any atom is 0.193 e. The number of hydrogen-bond donors (Lipinski definition) is 1. The molecule has 142 valence electrons. The molecule has 0 radical (unpaired) electrons. The van der Waals surface area contributed by atoms with E-state index >= 15 is 0 Å². The van der Waals surface area contributed by atoms with Gasteiger partial charge in [-0.1, -0.05) is 91.0 Å². The van der Waals surface area contributed by atoms with Crippen molar-refractivity contribution in [3.05, 3.63) is 138 Å². The highest BCUT2D eigenvalue weighted by atomic mass is 16.3. The van der Waals surface area contributed by atoms with Gasteiger partial charge >= 0.3 is 0 Å². The Bertz CT molecular complexity index is 1010. The third-order valence-corrected chi connectivity index (χ3v) is 4.24. The van der Waals surface area contributed by atoms with Crippen LogP contribution in [0.2, 0.25) is 0 Å². The summed E-state index contributed by atoms with van der Waals surface area (Å²) in [4.78, 5) is 23.7. The van der Waals surface area contributed by atoms with Crippen molar-refractivity contribution in [1.29, 1.82) is 0 Å². The number of rotatable bonds is 4. The van der Waals surface area contributed by atoms with Crippen LogP contribution in [-0.4, -0.2) is 16.7 Å². The van der Waals surface area contributed by atoms with E-state index < -0.39 is 0 Å². The minimum atomic E-state index is -0.0319. The van der Waals surface area contributed by atoms with Gasteiger partial charge in [0.05, 0.1) is 0 Å². The highest BCUT2D eigenvalue weighted by Gasteiger charge is 2.07. The predicted molar refractivity (Wildman–Crippen MR) is 114 cm³/mol. The lowest BCUT2D eigenvalue weighted by atomic mass is 10.0. The average Bonchev–Trinajstić information content (AvgIpc) is 2.81. The van der Waals surface area contributed by atoms with E-state index in [4.69, 9.17) is 5.11 Å². The monoisotopic (exact) mass is 380 g/mol. The van der Waals surface area contributed by atoms with Gasteiger partial charge in [-0.3, -0.25) is 9.59 Å². The fourth-order valence-electron chi connectivity index (χ4n) is 2.71. The van der Waals surface area contributed by atoms with Crippen molar-refractivity contribution in [2.75, 3.05) is 0 Å². The summed E-state index contributed by atoms with van der Waals surface area (Å²) in [5, 5.41) is 9.10. The SMILES string of the molecule is O=C(c1ccccc1)c1ccc(O)cc1.O=C(c1ccccc1)c1ccccc1. The van der Waals surface area contributed by atoms with Crippen molar-refractivity contribution in [1.82, 2.24) is 0 Å². The lowest BCUT2D eigenvalue weighted by molar-refractivity contribution is 0.103. The number of benzene rings is 4. The number of phenols is 1. The van der Waals surface area contributed by atoms with Gasteiger partial charge in [-0.15, -0.1) is 0 Å². The predicted octanol–water partition coefficient (Wildman–Crippen LogP) is 5.54. The summed E-state index contributed by atoms with van der Waals surface area (Å²) < 4.78 is 0. The van der Waals surface area contributed by atoms with E-state index in [1.54, 1.807) is 24.3 Å². The molecule has 0 saturated heterocycles. The Morgan fingerprint density at radius 3 is 1.00 bits per heavy atom. The zero-order chi connectivity index (χ0) is 20.5. The van der Waals surface area contributed by atoms with Crippen molar-refractivity contribution in [2.24, 2.45) is 0 Å². The van der Waals surface area contributed by atoms with Crippen LogP contribution in [0.1, 0.15) is 31.8 Å². The molecule has 0 amide bonds. The van der Waals surface area contributed by atoms with Crippen LogP contribution in [0, 0.1) is 0 Å². The third-order valence-electron chi connectivity index (χ3n) is 4.24. The Hall–Kier alpha value is -3.98. The van der Waals surface area contributed by atoms with Gasteiger partial charge in [-0.25, -0.2) is 0 Å². The van der Waals surface area contributed by atoms with Gasteiger partial charge in [0, 0.05) is 22.3 Å². The highest BCUT2D eigenvalue weighted by molar-refractivity contribution is 6.09. The molecule has 4 aromatic carbocycles. The summed E-state index contributed by atoms with van der Waals surface area (Å²) in [6.07, 6.45) is 0. The molecule has 4 aromatic rings. The molecule has 0 atom stereocenters. The summed E-state index contributed by atoms with van der Waals surface area (Å²) in [5.41, 5.74) is 2.71. The van der Waals surface area contributed by atoms with E-state index in [0.717, 1.165) is 11.1 Å². The van der Waals surface area contributed by atoms with Gasteiger partial charge in [-0.05, 0) is 24.3 Å². The molecule has 0 aliphatic carbocycles. The first-order valence-electron chi connectivity index (χ1n) is 9.19. The first kappa shape index (κ1) is 19.8. The second kappa shape index (κ2) is 9.81. The Morgan fingerprint density at radius 2 is 0.690 bits per heavy atom. The normalized spacial score (nSPS) is 9.79. The van der Waals surface area contributed by atoms with Crippen molar-refractivity contribution < 1.29 is 14.7 Å². The smallest absolute Gasteiger partial charge is 0.193 e. The van der Waals surface area contributed by atoms with Gasteiger partial charge in [-0.2, -0.15) is 0 Å². The van der Waals surface area contributed by atoms with Gasteiger partial charge in [0.15, 0.2) is 11.6 Å². The molecule has 0 heterocycles. The topological polar surface area (TPSA) is 54.4 Å². The number of carbonyl (C=O) groups excluding carboxylic acids is 2. The van der Waals surface area contributed by atoms with Crippen LogP contribution in [0.4, 0.5) is 0 Å². The molecular formula is C26H20O3. The Kier molecular flexibility index (Phi) is 6.69. The minimum Gasteiger partial charge on any atom is -0.508 e. The molecule has 1 N–H and O–H groups in total. The van der Waals surface area contributed by atoms with Crippen molar-refractivity contribution >= 4 is 11.6 Å². The van der Waals surface area contributed by atoms with Crippen molar-refractivity contribution in [2.45, 2.75) is 0 Å². The Balaban J connectivity index is 0.000000166. The Morgan fingerprint density at radius 1 is 0.414 bits per heavy atom. The van der Waals surface area contributed by atoms with Crippen LogP contribution in [0.25, 0.3) is 0 Å². The lowest BCUT2D eigenvalue weighted by Gasteiger charge is -2.00. The van der Waals surface area contributed by atoms with Crippen molar-refractivity contribution in [3.63, 3.8) is 0 Å². The van der Waals surface area contributed by atoms with E-state index in [-0.39, 0.29) is 17.3 Å². The maximum atomic E-state index is 11.9. The summed E-state index contributed by atoms with van der Waals surface area (Å²) in [7, 11) is 0. The molecular weight excluding hydrogens is 360 g/mol. The van der Waals surface area contributed by atoms with Crippen molar-refractivity contribution in [3.8, 4) is 5.75 Å². The molecule has 4 rings (SSSR count). The second-order valence-electron chi connectivity index (χ2n) is 6.30. The quantitative estimate of drug-likeness (QED) is 0.473. The van der Waals surface area contributed by atoms with E-state index in [2.05, 4.69) is 0 Å². The first-order valence-corrected chi connectivity index (χ1v) is 9.19. The van der Waals surface area contributed by atoms with Gasteiger partial charge < -0.3 is 5.11 Å². The standard InChI is InChI=1S/C13H10O2.C13H10O/c14-12-8-6-11(7-9-12)13(15)10-4-2-1-3-5-10;14-13(11-7-3-1-4-8-11)12-9-5-2-6-10-12/h1-9,14H;1-10H. The highest BCUT2D eigenvalue weighted by Crippen LogP contribution is 2.13. The molecule has 0 aliphatic rings. The third kappa shape index (κ3) is 5.50. The van der Waals surface area contributed by atoms with Crippen LogP contribution in [0.5, 0.6) is 5.75 Å². The summed E-state index contributed by atoms with van der Waals surface area (Å²) in [6.45, 7) is 0. The first-order chi connectivity index (χ1) is 14.1. The molecule has 0 bridgehead atoms. The number of phenolic OH excluding ortho intramolecular Hbond substituents is 1. The summed E-state index contributed by atoms with van der Waals surface area (Å²) in [5.74, 6) is 0.210. The van der Waals surface area contributed by atoms with E-state index in [1.807, 2.05) is 78.9 Å². The zero-order valence-corrected chi connectivity index (χ0v) is 15.7. The van der Waals surface area contributed by atoms with Gasteiger partial charge in [0.2, 0.25) is 0 Å². The summed E-state index contributed by atoms with van der Waals surface area (Å²) >= 11 is 0. The largest absolute Gasteiger partial charge is 0.508 e. The number of hydrogen-bond acceptors (Lipinski definition) is 3. The van der Waals surface area contributed by atoms with Gasteiger partial charge in [0.25, 0.3) is 0 Å². The molecule has 0 fully saturated rings. The number of ketones is 2. The summed E-state index contributed by atoms with van der Waals surface area (Å²) in [6, 6.07) is 33.9. The fourth-order valence-corrected chi connectivity index (χ4v) is 2.71. The molecule has 3 nitrogen and oxygen atoms in total. The van der Waals surface area contributed by atoms with Crippen LogP contribution in [0.15, 0.2) is 115 Å². The van der Waals surface area contributed by atoms with Crippen LogP contribution in [0.3, 0.4) is 0 Å². The van der Waals surface area contributed by atoms with Crippen LogP contribution in [-0.2, 0) is 0 Å². The lowest BCUT2D eigenvalue weighted by Crippen LogP contribution is -1.99. The zero-order valence-electron chi connectivity index (χ0n) is 15.7. The average molecular weight is 380 g/mol. The molecule has 3 heteroatoms. The number of aromatic hydroxyl groups is 1. The van der Waals surface area contributed by atoms with E-state index in [0.29, 0.717) is 11.1 Å². The molecule has 0 unspecified atom stereocenters. The molecule has 0 aliphatic heterocycles. The van der Waals surface area contributed by atoms with Crippen LogP contribution >= 0.6 is 0 Å². The van der Waals surface area contributed by atoms with E-state index in [9.17, 15) is 9.59 Å². The maximum absolute atomic E-state index is 11.9. The van der Waals surface area contributed by atoms with Gasteiger partial charge in [0.1, 0.15) is 5.75 Å². The molecule has 0 spiro atoms. The van der Waals surface area contributed by atoms with Crippen LogP contribution < -0.4 is 0 Å². The minimum absolute atomic E-state index is 0.0319. The van der Waals surface area contributed by atoms with E-state index in [1.165, 1.54) is 12.1 Å². The molecule has 0 saturated carbocycles. The Labute approximate surface area is 169 Å². The number of carbonyl (C=O) groups is 2. The second-order valence-corrected chi connectivity index (χ2v) is 6.30. The fraction of sp³-hybridized carbons (Fsp3) is 0. The molecule has 0 aromatic heterocycles.